The van der Waals surface area contributed by atoms with Crippen molar-refractivity contribution in [2.45, 2.75) is 53.6 Å². The zero-order valence-electron chi connectivity index (χ0n) is 12.4. The Kier molecular flexibility index (Phi) is 8.79. The minimum absolute atomic E-state index is 0. The van der Waals surface area contributed by atoms with Crippen molar-refractivity contribution in [2.24, 2.45) is 4.99 Å². The van der Waals surface area contributed by atoms with Crippen LogP contribution in [0.3, 0.4) is 0 Å². The van der Waals surface area contributed by atoms with Gasteiger partial charge in [-0.2, -0.15) is 0 Å². The van der Waals surface area contributed by atoms with Crippen molar-refractivity contribution in [1.82, 2.24) is 15.6 Å². The molecule has 5 nitrogen and oxygen atoms in total. The standard InChI is InChI=1S/C13H24N4O.HI/c1-6-9(3)16-13(14-7-2)15-8-12-17-10(4)11(5)18-12;/h9H,6-8H2,1-5H3,(H2,14,15,16);1H. The molecule has 0 saturated carbocycles. The van der Waals surface area contributed by atoms with Crippen LogP contribution in [0.15, 0.2) is 9.41 Å². The van der Waals surface area contributed by atoms with Crippen molar-refractivity contribution in [3.63, 3.8) is 0 Å². The van der Waals surface area contributed by atoms with Gasteiger partial charge in [0.25, 0.3) is 0 Å². The van der Waals surface area contributed by atoms with Crippen molar-refractivity contribution < 1.29 is 4.42 Å². The Bertz CT molecular complexity index is 384. The molecule has 0 spiro atoms. The molecule has 0 bridgehead atoms. The number of aromatic nitrogens is 1. The van der Waals surface area contributed by atoms with Gasteiger partial charge >= 0.3 is 0 Å². The Morgan fingerprint density at radius 3 is 2.53 bits per heavy atom. The van der Waals surface area contributed by atoms with Gasteiger partial charge in [0, 0.05) is 12.6 Å². The molecule has 0 aliphatic heterocycles. The largest absolute Gasteiger partial charge is 0.444 e. The summed E-state index contributed by atoms with van der Waals surface area (Å²) in [7, 11) is 0. The predicted octanol–water partition coefficient (Wildman–Crippen LogP) is 2.76. The molecular formula is C13H25IN4O. The van der Waals surface area contributed by atoms with Crippen LogP contribution in [0.5, 0.6) is 0 Å². The van der Waals surface area contributed by atoms with Gasteiger partial charge in [0.05, 0.1) is 5.69 Å². The molecule has 1 aromatic heterocycles. The number of nitrogens with one attached hydrogen (secondary N) is 2. The van der Waals surface area contributed by atoms with Gasteiger partial charge in [-0.25, -0.2) is 9.98 Å². The van der Waals surface area contributed by atoms with Gasteiger partial charge in [-0.1, -0.05) is 6.92 Å². The molecule has 1 heterocycles. The molecule has 0 aliphatic rings. The second-order valence-electron chi connectivity index (χ2n) is 4.40. The van der Waals surface area contributed by atoms with Gasteiger partial charge < -0.3 is 15.1 Å². The number of hydrogen-bond acceptors (Lipinski definition) is 3. The maximum absolute atomic E-state index is 5.50. The fourth-order valence-electron chi connectivity index (χ4n) is 1.41. The van der Waals surface area contributed by atoms with Crippen LogP contribution >= 0.6 is 24.0 Å². The summed E-state index contributed by atoms with van der Waals surface area (Å²) >= 11 is 0. The first-order valence-electron chi connectivity index (χ1n) is 6.54. The van der Waals surface area contributed by atoms with Crippen LogP contribution < -0.4 is 10.6 Å². The Labute approximate surface area is 132 Å². The third-order valence-corrected chi connectivity index (χ3v) is 2.78. The van der Waals surface area contributed by atoms with Gasteiger partial charge in [-0.3, -0.25) is 0 Å². The first-order valence-corrected chi connectivity index (χ1v) is 6.54. The van der Waals surface area contributed by atoms with Gasteiger partial charge in [-0.15, -0.1) is 24.0 Å². The molecule has 1 unspecified atom stereocenters. The van der Waals surface area contributed by atoms with Crippen molar-refractivity contribution in [2.75, 3.05) is 6.54 Å². The molecule has 19 heavy (non-hydrogen) atoms. The number of rotatable bonds is 5. The molecule has 2 N–H and O–H groups in total. The highest BCUT2D eigenvalue weighted by atomic mass is 127. The third-order valence-electron chi connectivity index (χ3n) is 2.78. The highest BCUT2D eigenvalue weighted by Crippen LogP contribution is 2.08. The Balaban J connectivity index is 0.00000324. The monoisotopic (exact) mass is 380 g/mol. The fraction of sp³-hybridized carbons (Fsp3) is 0.692. The molecular weight excluding hydrogens is 355 g/mol. The topological polar surface area (TPSA) is 62.5 Å². The maximum atomic E-state index is 5.50. The zero-order valence-corrected chi connectivity index (χ0v) is 14.7. The molecule has 1 atom stereocenters. The van der Waals surface area contributed by atoms with Gasteiger partial charge in [0.15, 0.2) is 5.96 Å². The van der Waals surface area contributed by atoms with Gasteiger partial charge in [0.1, 0.15) is 12.3 Å². The Morgan fingerprint density at radius 1 is 1.37 bits per heavy atom. The van der Waals surface area contributed by atoms with Crippen LogP contribution in [-0.2, 0) is 6.54 Å². The van der Waals surface area contributed by atoms with Crippen molar-refractivity contribution in [3.8, 4) is 0 Å². The summed E-state index contributed by atoms with van der Waals surface area (Å²) in [6.45, 7) is 11.5. The fourth-order valence-corrected chi connectivity index (χ4v) is 1.41. The lowest BCUT2D eigenvalue weighted by molar-refractivity contribution is 0.472. The van der Waals surface area contributed by atoms with Crippen LogP contribution in [0.2, 0.25) is 0 Å². The second-order valence-corrected chi connectivity index (χ2v) is 4.40. The van der Waals surface area contributed by atoms with Crippen LogP contribution in [0.1, 0.15) is 44.5 Å². The molecule has 0 radical (unpaired) electrons. The van der Waals surface area contributed by atoms with E-state index in [1.54, 1.807) is 0 Å². The summed E-state index contributed by atoms with van der Waals surface area (Å²) < 4.78 is 5.50. The first-order chi connectivity index (χ1) is 8.56. The van der Waals surface area contributed by atoms with Crippen molar-refractivity contribution in [1.29, 1.82) is 0 Å². The van der Waals surface area contributed by atoms with E-state index in [0.717, 1.165) is 30.4 Å². The van der Waals surface area contributed by atoms with E-state index in [4.69, 9.17) is 4.42 Å². The minimum atomic E-state index is 0. The van der Waals surface area contributed by atoms with Crippen LogP contribution in [0.25, 0.3) is 0 Å². The van der Waals surface area contributed by atoms with E-state index in [2.05, 4.69) is 34.5 Å². The summed E-state index contributed by atoms with van der Waals surface area (Å²) in [5, 5.41) is 6.54. The van der Waals surface area contributed by atoms with Gasteiger partial charge in [0.2, 0.25) is 5.89 Å². The van der Waals surface area contributed by atoms with E-state index in [0.29, 0.717) is 18.5 Å². The van der Waals surface area contributed by atoms with E-state index in [1.807, 2.05) is 20.8 Å². The van der Waals surface area contributed by atoms with E-state index in [-0.39, 0.29) is 24.0 Å². The van der Waals surface area contributed by atoms with E-state index >= 15 is 0 Å². The highest BCUT2D eigenvalue weighted by molar-refractivity contribution is 14.0. The summed E-state index contributed by atoms with van der Waals surface area (Å²) in [5.74, 6) is 2.33. The maximum Gasteiger partial charge on any atom is 0.216 e. The smallest absolute Gasteiger partial charge is 0.216 e. The summed E-state index contributed by atoms with van der Waals surface area (Å²) in [6, 6.07) is 0.399. The number of halogens is 1. The molecule has 0 aliphatic carbocycles. The molecule has 0 aromatic carbocycles. The molecule has 6 heteroatoms. The van der Waals surface area contributed by atoms with Crippen molar-refractivity contribution >= 4 is 29.9 Å². The molecule has 0 amide bonds. The summed E-state index contributed by atoms with van der Waals surface area (Å²) in [4.78, 5) is 8.78. The predicted molar refractivity (Wildman–Crippen MR) is 89.1 cm³/mol. The lowest BCUT2D eigenvalue weighted by atomic mass is 10.3. The lowest BCUT2D eigenvalue weighted by Crippen LogP contribution is -2.41. The number of guanidine groups is 1. The molecule has 0 saturated heterocycles. The zero-order chi connectivity index (χ0) is 13.5. The Morgan fingerprint density at radius 2 is 2.05 bits per heavy atom. The SMILES string of the molecule is CCNC(=NCc1nc(C)c(C)o1)NC(C)CC.I. The van der Waals surface area contributed by atoms with E-state index in [1.165, 1.54) is 0 Å². The number of aryl methyl sites for hydroxylation is 2. The summed E-state index contributed by atoms with van der Waals surface area (Å²) in [6.07, 6.45) is 1.06. The highest BCUT2D eigenvalue weighted by Gasteiger charge is 2.06. The lowest BCUT2D eigenvalue weighted by Gasteiger charge is -2.15. The minimum Gasteiger partial charge on any atom is -0.444 e. The third kappa shape index (κ3) is 6.26. The molecule has 110 valence electrons. The second kappa shape index (κ2) is 9.17. The summed E-state index contributed by atoms with van der Waals surface area (Å²) in [5.41, 5.74) is 0.931. The number of oxazole rings is 1. The van der Waals surface area contributed by atoms with Crippen LogP contribution in [0.4, 0.5) is 0 Å². The van der Waals surface area contributed by atoms with Gasteiger partial charge in [-0.05, 0) is 34.1 Å². The normalized spacial score (nSPS) is 12.8. The number of nitrogens with zero attached hydrogens (tertiary/aromatic N) is 2. The first kappa shape index (κ1) is 18.2. The quantitative estimate of drug-likeness (QED) is 0.469. The van der Waals surface area contributed by atoms with Crippen LogP contribution in [-0.4, -0.2) is 23.5 Å². The van der Waals surface area contributed by atoms with Crippen LogP contribution in [0, 0.1) is 13.8 Å². The number of hydrogen-bond donors (Lipinski definition) is 2. The number of aliphatic imine (C=N–C) groups is 1. The van der Waals surface area contributed by atoms with E-state index < -0.39 is 0 Å². The Hall–Kier alpha value is -0.790. The van der Waals surface area contributed by atoms with Crippen molar-refractivity contribution in [3.05, 3.63) is 17.3 Å². The molecule has 0 fully saturated rings. The average molecular weight is 380 g/mol. The molecule has 1 rings (SSSR count). The molecule has 1 aromatic rings. The van der Waals surface area contributed by atoms with E-state index in [9.17, 15) is 0 Å². The average Bonchev–Trinajstić information content (AvgIpc) is 2.66.